The van der Waals surface area contributed by atoms with E-state index >= 15 is 0 Å². The highest BCUT2D eigenvalue weighted by Gasteiger charge is 2.12. The van der Waals surface area contributed by atoms with Gasteiger partial charge in [-0.3, -0.25) is 9.78 Å². The monoisotopic (exact) mass is 414 g/mol. The molecule has 7 heteroatoms. The molecule has 1 amide bonds. The summed E-state index contributed by atoms with van der Waals surface area (Å²) in [6.45, 7) is 3.85. The van der Waals surface area contributed by atoms with Gasteiger partial charge in [-0.2, -0.15) is 4.98 Å². The van der Waals surface area contributed by atoms with Crippen LogP contribution in [0, 0.1) is 6.92 Å². The molecule has 2 aromatic carbocycles. The minimum Gasteiger partial charge on any atom is -0.484 e. The van der Waals surface area contributed by atoms with Crippen LogP contribution in [-0.4, -0.2) is 27.6 Å². The standard InChI is InChI=1S/C24H22N4O3/c1-16-5-7-18(8-6-16)23-27-24(31-28-23)19-9-11-21(12-10-19)30-15-22(29)26-17(2)20-4-3-13-25-14-20/h3-14,17H,15H2,1-2H3,(H,26,29). The van der Waals surface area contributed by atoms with Gasteiger partial charge in [-0.05, 0) is 49.7 Å². The van der Waals surface area contributed by atoms with Crippen molar-refractivity contribution in [2.24, 2.45) is 0 Å². The molecule has 0 aliphatic carbocycles. The second kappa shape index (κ2) is 9.21. The Morgan fingerprint density at radius 2 is 1.81 bits per heavy atom. The maximum absolute atomic E-state index is 12.2. The van der Waals surface area contributed by atoms with Gasteiger partial charge in [0.1, 0.15) is 5.75 Å². The highest BCUT2D eigenvalue weighted by Crippen LogP contribution is 2.24. The van der Waals surface area contributed by atoms with E-state index in [-0.39, 0.29) is 18.6 Å². The number of carbonyl (C=O) groups is 1. The van der Waals surface area contributed by atoms with Gasteiger partial charge in [-0.25, -0.2) is 0 Å². The smallest absolute Gasteiger partial charge is 0.258 e. The van der Waals surface area contributed by atoms with Crippen molar-refractivity contribution in [2.75, 3.05) is 6.61 Å². The summed E-state index contributed by atoms with van der Waals surface area (Å²) in [5.41, 5.74) is 3.77. The van der Waals surface area contributed by atoms with Crippen molar-refractivity contribution in [3.05, 3.63) is 84.2 Å². The summed E-state index contributed by atoms with van der Waals surface area (Å²) in [6, 6.07) is 18.7. The number of aryl methyl sites for hydroxylation is 1. The van der Waals surface area contributed by atoms with Gasteiger partial charge < -0.3 is 14.6 Å². The Morgan fingerprint density at radius 3 is 2.52 bits per heavy atom. The van der Waals surface area contributed by atoms with Crippen molar-refractivity contribution in [3.8, 4) is 28.6 Å². The average Bonchev–Trinajstić information content (AvgIpc) is 3.29. The Balaban J connectivity index is 1.33. The van der Waals surface area contributed by atoms with Crippen molar-refractivity contribution in [1.29, 1.82) is 0 Å². The lowest BCUT2D eigenvalue weighted by Crippen LogP contribution is -2.31. The van der Waals surface area contributed by atoms with Gasteiger partial charge in [-0.15, -0.1) is 0 Å². The molecular weight excluding hydrogens is 392 g/mol. The zero-order valence-corrected chi connectivity index (χ0v) is 17.3. The van der Waals surface area contributed by atoms with Crippen LogP contribution in [0.5, 0.6) is 5.75 Å². The normalized spacial score (nSPS) is 11.7. The number of carbonyl (C=O) groups excluding carboxylic acids is 1. The topological polar surface area (TPSA) is 90.1 Å². The third-order valence-corrected chi connectivity index (χ3v) is 4.77. The Kier molecular flexibility index (Phi) is 6.03. The van der Waals surface area contributed by atoms with Crippen LogP contribution in [-0.2, 0) is 4.79 Å². The first-order valence-corrected chi connectivity index (χ1v) is 9.92. The summed E-state index contributed by atoms with van der Waals surface area (Å²) in [7, 11) is 0. The van der Waals surface area contributed by atoms with Crippen molar-refractivity contribution >= 4 is 5.91 Å². The molecule has 0 bridgehead atoms. The van der Waals surface area contributed by atoms with Crippen LogP contribution in [0.4, 0.5) is 0 Å². The second-order valence-corrected chi connectivity index (χ2v) is 7.18. The molecule has 1 N–H and O–H groups in total. The number of hydrogen-bond donors (Lipinski definition) is 1. The maximum atomic E-state index is 12.2. The minimum absolute atomic E-state index is 0.0813. The third kappa shape index (κ3) is 5.14. The van der Waals surface area contributed by atoms with Gasteiger partial charge in [0.15, 0.2) is 6.61 Å². The molecule has 4 aromatic rings. The van der Waals surface area contributed by atoms with Crippen LogP contribution in [0.2, 0.25) is 0 Å². The molecule has 0 radical (unpaired) electrons. The molecule has 0 aliphatic rings. The molecule has 2 heterocycles. The van der Waals surface area contributed by atoms with Crippen LogP contribution < -0.4 is 10.1 Å². The summed E-state index contributed by atoms with van der Waals surface area (Å²) in [5.74, 6) is 1.33. The number of rotatable bonds is 7. The predicted octanol–water partition coefficient (Wildman–Crippen LogP) is 4.36. The van der Waals surface area contributed by atoms with E-state index in [1.807, 2.05) is 62.4 Å². The minimum atomic E-state index is -0.208. The molecule has 1 atom stereocenters. The van der Waals surface area contributed by atoms with Crippen LogP contribution in [0.25, 0.3) is 22.8 Å². The molecule has 0 saturated carbocycles. The first-order chi connectivity index (χ1) is 15.1. The molecule has 2 aromatic heterocycles. The Hall–Kier alpha value is -4.00. The van der Waals surface area contributed by atoms with Crippen molar-refractivity contribution in [2.45, 2.75) is 19.9 Å². The molecule has 31 heavy (non-hydrogen) atoms. The van der Waals surface area contributed by atoms with E-state index in [9.17, 15) is 4.79 Å². The zero-order valence-electron chi connectivity index (χ0n) is 17.3. The second-order valence-electron chi connectivity index (χ2n) is 7.18. The molecular formula is C24H22N4O3. The van der Waals surface area contributed by atoms with Crippen LogP contribution >= 0.6 is 0 Å². The molecule has 0 fully saturated rings. The number of benzene rings is 2. The summed E-state index contributed by atoms with van der Waals surface area (Å²) >= 11 is 0. The molecule has 0 aliphatic heterocycles. The van der Waals surface area contributed by atoms with Gasteiger partial charge in [0.05, 0.1) is 6.04 Å². The highest BCUT2D eigenvalue weighted by molar-refractivity contribution is 5.78. The maximum Gasteiger partial charge on any atom is 0.258 e. The van der Waals surface area contributed by atoms with Gasteiger partial charge in [0.25, 0.3) is 11.8 Å². The van der Waals surface area contributed by atoms with E-state index in [2.05, 4.69) is 20.4 Å². The fraction of sp³-hybridized carbons (Fsp3) is 0.167. The third-order valence-electron chi connectivity index (χ3n) is 4.77. The number of pyridine rings is 1. The SMILES string of the molecule is Cc1ccc(-c2noc(-c3ccc(OCC(=O)NC(C)c4cccnc4)cc3)n2)cc1. The first kappa shape index (κ1) is 20.3. The van der Waals surface area contributed by atoms with Crippen LogP contribution in [0.15, 0.2) is 77.6 Å². The van der Waals surface area contributed by atoms with Gasteiger partial charge >= 0.3 is 0 Å². The van der Waals surface area contributed by atoms with E-state index in [0.29, 0.717) is 17.5 Å². The van der Waals surface area contributed by atoms with E-state index in [1.165, 1.54) is 5.56 Å². The summed E-state index contributed by atoms with van der Waals surface area (Å²) in [6.07, 6.45) is 3.43. The van der Waals surface area contributed by atoms with Gasteiger partial charge in [-0.1, -0.05) is 41.1 Å². The Morgan fingerprint density at radius 1 is 1.06 bits per heavy atom. The van der Waals surface area contributed by atoms with E-state index in [1.54, 1.807) is 24.5 Å². The van der Waals surface area contributed by atoms with Gasteiger partial charge in [0.2, 0.25) is 5.82 Å². The molecule has 4 rings (SSSR count). The quantitative estimate of drug-likeness (QED) is 0.483. The summed E-state index contributed by atoms with van der Waals surface area (Å²) in [5, 5.41) is 6.94. The number of ether oxygens (including phenoxy) is 1. The average molecular weight is 414 g/mol. The molecule has 0 spiro atoms. The van der Waals surface area contributed by atoms with E-state index in [0.717, 1.165) is 16.7 Å². The van der Waals surface area contributed by atoms with Crippen molar-refractivity contribution in [3.63, 3.8) is 0 Å². The largest absolute Gasteiger partial charge is 0.484 e. The number of nitrogens with zero attached hydrogens (tertiary/aromatic N) is 3. The lowest BCUT2D eigenvalue weighted by Gasteiger charge is -2.14. The van der Waals surface area contributed by atoms with Crippen LogP contribution in [0.1, 0.15) is 24.1 Å². The molecule has 1 unspecified atom stereocenters. The lowest BCUT2D eigenvalue weighted by atomic mass is 10.1. The van der Waals surface area contributed by atoms with E-state index in [4.69, 9.17) is 9.26 Å². The molecule has 0 saturated heterocycles. The summed E-state index contributed by atoms with van der Waals surface area (Å²) in [4.78, 5) is 20.7. The zero-order chi connectivity index (χ0) is 21.6. The summed E-state index contributed by atoms with van der Waals surface area (Å²) < 4.78 is 11.0. The Labute approximate surface area is 180 Å². The molecule has 156 valence electrons. The number of aromatic nitrogens is 3. The number of amides is 1. The lowest BCUT2D eigenvalue weighted by molar-refractivity contribution is -0.123. The highest BCUT2D eigenvalue weighted by atomic mass is 16.5. The first-order valence-electron chi connectivity index (χ1n) is 9.92. The van der Waals surface area contributed by atoms with Gasteiger partial charge in [0, 0.05) is 23.5 Å². The predicted molar refractivity (Wildman–Crippen MR) is 116 cm³/mol. The fourth-order valence-electron chi connectivity index (χ4n) is 3.00. The van der Waals surface area contributed by atoms with Crippen LogP contribution in [0.3, 0.4) is 0 Å². The van der Waals surface area contributed by atoms with Crippen molar-refractivity contribution in [1.82, 2.24) is 20.4 Å². The Bertz CT molecular complexity index is 1140. The van der Waals surface area contributed by atoms with Crippen molar-refractivity contribution < 1.29 is 14.1 Å². The fourth-order valence-corrected chi connectivity index (χ4v) is 3.00. The number of hydrogen-bond acceptors (Lipinski definition) is 6. The van der Waals surface area contributed by atoms with E-state index < -0.39 is 0 Å². The molecule has 7 nitrogen and oxygen atoms in total. The number of nitrogens with one attached hydrogen (secondary N) is 1.